The summed E-state index contributed by atoms with van der Waals surface area (Å²) in [6.45, 7) is 0.617. The van der Waals surface area contributed by atoms with Crippen molar-refractivity contribution in [2.75, 3.05) is 26.1 Å². The van der Waals surface area contributed by atoms with Crippen molar-refractivity contribution < 1.29 is 13.2 Å². The molecule has 0 spiro atoms. The Morgan fingerprint density at radius 1 is 1.29 bits per heavy atom. The molecule has 0 aliphatic carbocycles. The van der Waals surface area contributed by atoms with Gasteiger partial charge >= 0.3 is 0 Å². The largest absolute Gasteiger partial charge is 0.383 e. The summed E-state index contributed by atoms with van der Waals surface area (Å²) in [5.74, 6) is 0.526. The molecule has 6 heteroatoms. The van der Waals surface area contributed by atoms with Gasteiger partial charge in [0.1, 0.15) is 0 Å². The molecular weight excluding hydrogens is 262 g/mol. The van der Waals surface area contributed by atoms with E-state index < -0.39 is 10.0 Å². The van der Waals surface area contributed by atoms with Gasteiger partial charge in [-0.2, -0.15) is 0 Å². The van der Waals surface area contributed by atoms with Gasteiger partial charge in [-0.25, -0.2) is 13.1 Å². The van der Waals surface area contributed by atoms with Crippen LogP contribution in [0.3, 0.4) is 0 Å². The third-order valence-electron chi connectivity index (χ3n) is 2.22. The Bertz CT molecular complexity index is 431. The number of alkyl halides is 1. The molecular formula is C11H16ClNO3S. The maximum absolute atomic E-state index is 11.8. The highest BCUT2D eigenvalue weighted by molar-refractivity contribution is 7.89. The third kappa shape index (κ3) is 4.63. The van der Waals surface area contributed by atoms with Gasteiger partial charge in [0, 0.05) is 19.5 Å². The molecule has 0 saturated carbocycles. The Kier molecular flexibility index (Phi) is 5.91. The molecule has 4 nitrogen and oxygen atoms in total. The molecule has 0 unspecified atom stereocenters. The number of methoxy groups -OCH3 is 1. The number of hydrogen-bond acceptors (Lipinski definition) is 3. The monoisotopic (exact) mass is 277 g/mol. The van der Waals surface area contributed by atoms with Gasteiger partial charge in [-0.15, -0.1) is 11.6 Å². The molecule has 1 aromatic carbocycles. The maximum atomic E-state index is 11.8. The number of rotatable bonds is 7. The molecule has 1 N–H and O–H groups in total. The fourth-order valence-corrected chi connectivity index (χ4v) is 2.54. The number of benzene rings is 1. The van der Waals surface area contributed by atoms with E-state index in [9.17, 15) is 8.42 Å². The summed E-state index contributed by atoms with van der Waals surface area (Å²) in [5.41, 5.74) is 1.02. The molecule has 0 fully saturated rings. The minimum atomic E-state index is -3.43. The average Bonchev–Trinajstić information content (AvgIpc) is 2.30. The number of sulfonamides is 1. The smallest absolute Gasteiger partial charge is 0.240 e. The van der Waals surface area contributed by atoms with Crippen molar-refractivity contribution in [2.24, 2.45) is 0 Å². The molecule has 0 aromatic heterocycles. The van der Waals surface area contributed by atoms with E-state index in [1.54, 1.807) is 24.3 Å². The topological polar surface area (TPSA) is 55.4 Å². The second kappa shape index (κ2) is 6.96. The van der Waals surface area contributed by atoms with Crippen LogP contribution in [-0.4, -0.2) is 34.6 Å². The first kappa shape index (κ1) is 14.4. The van der Waals surface area contributed by atoms with Crippen LogP contribution >= 0.6 is 11.6 Å². The van der Waals surface area contributed by atoms with E-state index in [2.05, 4.69) is 4.72 Å². The standard InChI is InChI=1S/C11H16ClNO3S/c1-16-9-8-13-17(14,15)11-4-2-10(3-5-11)6-7-12/h2-5,13H,6-9H2,1H3. The number of halogens is 1. The second-order valence-corrected chi connectivity index (χ2v) is 5.62. The predicted molar refractivity (Wildman–Crippen MR) is 67.9 cm³/mol. The molecule has 0 saturated heterocycles. The molecule has 17 heavy (non-hydrogen) atoms. The zero-order chi connectivity index (χ0) is 12.7. The lowest BCUT2D eigenvalue weighted by atomic mass is 10.2. The quantitative estimate of drug-likeness (QED) is 0.605. The Labute approximate surface area is 107 Å². The number of ether oxygens (including phenoxy) is 1. The van der Waals surface area contributed by atoms with Crippen molar-refractivity contribution in [3.8, 4) is 0 Å². The highest BCUT2D eigenvalue weighted by Gasteiger charge is 2.12. The maximum Gasteiger partial charge on any atom is 0.240 e. The summed E-state index contributed by atoms with van der Waals surface area (Å²) in [4.78, 5) is 0.256. The van der Waals surface area contributed by atoms with Crippen LogP contribution in [-0.2, 0) is 21.2 Å². The minimum Gasteiger partial charge on any atom is -0.383 e. The minimum absolute atomic E-state index is 0.256. The third-order valence-corrected chi connectivity index (χ3v) is 3.88. The van der Waals surface area contributed by atoms with Gasteiger partial charge in [-0.3, -0.25) is 0 Å². The molecule has 96 valence electrons. The molecule has 0 bridgehead atoms. The lowest BCUT2D eigenvalue weighted by Crippen LogP contribution is -2.27. The van der Waals surface area contributed by atoms with Crippen LogP contribution in [0.4, 0.5) is 0 Å². The fraction of sp³-hybridized carbons (Fsp3) is 0.455. The van der Waals surface area contributed by atoms with Gasteiger partial charge in [0.2, 0.25) is 10.0 Å². The Hall–Kier alpha value is -0.620. The molecule has 0 aliphatic heterocycles. The summed E-state index contributed by atoms with van der Waals surface area (Å²) in [6, 6.07) is 6.70. The van der Waals surface area contributed by atoms with Crippen molar-refractivity contribution in [3.63, 3.8) is 0 Å². The highest BCUT2D eigenvalue weighted by atomic mass is 35.5. The Balaban J connectivity index is 2.71. The van der Waals surface area contributed by atoms with E-state index in [1.165, 1.54) is 7.11 Å². The molecule has 1 aromatic rings. The van der Waals surface area contributed by atoms with E-state index in [-0.39, 0.29) is 11.4 Å². The summed E-state index contributed by atoms with van der Waals surface area (Å²) < 4.78 is 30.8. The first-order valence-electron chi connectivity index (χ1n) is 5.23. The average molecular weight is 278 g/mol. The number of aryl methyl sites for hydroxylation is 1. The zero-order valence-electron chi connectivity index (χ0n) is 9.65. The van der Waals surface area contributed by atoms with Crippen LogP contribution < -0.4 is 4.72 Å². The number of nitrogens with one attached hydrogen (secondary N) is 1. The summed E-state index contributed by atoms with van der Waals surface area (Å²) in [5, 5.41) is 0. The van der Waals surface area contributed by atoms with Crippen LogP contribution in [0.15, 0.2) is 29.2 Å². The van der Waals surface area contributed by atoms with Crippen LogP contribution in [0.25, 0.3) is 0 Å². The normalized spacial score (nSPS) is 11.6. The van der Waals surface area contributed by atoms with Crippen molar-refractivity contribution >= 4 is 21.6 Å². The van der Waals surface area contributed by atoms with E-state index >= 15 is 0 Å². The van der Waals surface area contributed by atoms with Crippen LogP contribution in [0.5, 0.6) is 0 Å². The summed E-state index contributed by atoms with van der Waals surface area (Å²) in [7, 11) is -1.90. The molecule has 1 rings (SSSR count). The predicted octanol–water partition coefficient (Wildman–Crippen LogP) is 1.39. The highest BCUT2D eigenvalue weighted by Crippen LogP contribution is 2.11. The van der Waals surface area contributed by atoms with Gasteiger partial charge in [0.15, 0.2) is 0 Å². The first-order chi connectivity index (χ1) is 8.10. The molecule has 0 heterocycles. The molecule has 0 radical (unpaired) electrons. The fourth-order valence-electron chi connectivity index (χ4n) is 1.31. The lowest BCUT2D eigenvalue weighted by Gasteiger charge is -2.06. The van der Waals surface area contributed by atoms with Crippen molar-refractivity contribution in [1.82, 2.24) is 4.72 Å². The Morgan fingerprint density at radius 3 is 2.47 bits per heavy atom. The summed E-state index contributed by atoms with van der Waals surface area (Å²) >= 11 is 5.61. The zero-order valence-corrected chi connectivity index (χ0v) is 11.2. The SMILES string of the molecule is COCCNS(=O)(=O)c1ccc(CCCl)cc1. The van der Waals surface area contributed by atoms with Gasteiger partial charge in [0.25, 0.3) is 0 Å². The van der Waals surface area contributed by atoms with Gasteiger partial charge in [0.05, 0.1) is 11.5 Å². The van der Waals surface area contributed by atoms with E-state index in [0.29, 0.717) is 12.5 Å². The van der Waals surface area contributed by atoms with Crippen LogP contribution in [0.1, 0.15) is 5.56 Å². The van der Waals surface area contributed by atoms with E-state index in [4.69, 9.17) is 16.3 Å². The van der Waals surface area contributed by atoms with E-state index in [0.717, 1.165) is 12.0 Å². The van der Waals surface area contributed by atoms with Gasteiger partial charge in [-0.05, 0) is 24.1 Å². The molecule has 0 aliphatic rings. The lowest BCUT2D eigenvalue weighted by molar-refractivity contribution is 0.204. The van der Waals surface area contributed by atoms with Gasteiger partial charge < -0.3 is 4.74 Å². The Morgan fingerprint density at radius 2 is 1.94 bits per heavy atom. The van der Waals surface area contributed by atoms with Crippen molar-refractivity contribution in [2.45, 2.75) is 11.3 Å². The van der Waals surface area contributed by atoms with Crippen molar-refractivity contribution in [3.05, 3.63) is 29.8 Å². The number of hydrogen-bond donors (Lipinski definition) is 1. The van der Waals surface area contributed by atoms with E-state index in [1.807, 2.05) is 0 Å². The van der Waals surface area contributed by atoms with Crippen LogP contribution in [0, 0.1) is 0 Å². The van der Waals surface area contributed by atoms with Crippen molar-refractivity contribution in [1.29, 1.82) is 0 Å². The van der Waals surface area contributed by atoms with Gasteiger partial charge in [-0.1, -0.05) is 12.1 Å². The second-order valence-electron chi connectivity index (χ2n) is 3.47. The van der Waals surface area contributed by atoms with Crippen LogP contribution in [0.2, 0.25) is 0 Å². The summed E-state index contributed by atoms with van der Waals surface area (Å²) in [6.07, 6.45) is 0.735. The first-order valence-corrected chi connectivity index (χ1v) is 7.25. The molecule has 0 amide bonds. The molecule has 0 atom stereocenters.